The molecule has 1 aromatic carbocycles. The Morgan fingerprint density at radius 2 is 2.15 bits per heavy atom. The number of nitrogens with zero attached hydrogens (tertiary/aromatic N) is 3. The molecule has 3 aromatic rings. The van der Waals surface area contributed by atoms with Gasteiger partial charge in [-0.25, -0.2) is 4.98 Å². The fraction of sp³-hybridized carbons (Fsp3) is 0.312. The first-order chi connectivity index (χ1) is 9.78. The van der Waals surface area contributed by atoms with E-state index in [-0.39, 0.29) is 0 Å². The van der Waals surface area contributed by atoms with Crippen LogP contribution in [0.2, 0.25) is 0 Å². The van der Waals surface area contributed by atoms with Crippen molar-refractivity contribution in [2.75, 3.05) is 6.54 Å². The van der Waals surface area contributed by atoms with Gasteiger partial charge in [0.15, 0.2) is 0 Å². The average molecular weight is 268 g/mol. The van der Waals surface area contributed by atoms with Crippen LogP contribution in [-0.4, -0.2) is 20.7 Å². The number of nitrogens with one attached hydrogen (secondary N) is 1. The molecule has 0 radical (unpaired) electrons. The summed E-state index contributed by atoms with van der Waals surface area (Å²) in [5.41, 5.74) is 3.81. The molecule has 0 aliphatic carbocycles. The third-order valence-electron chi connectivity index (χ3n) is 3.66. The smallest absolute Gasteiger partial charge is 0.0946 e. The van der Waals surface area contributed by atoms with Gasteiger partial charge in [-0.1, -0.05) is 13.0 Å². The minimum atomic E-state index is 0.854. The number of rotatable bonds is 5. The van der Waals surface area contributed by atoms with Crippen molar-refractivity contribution in [1.29, 1.82) is 0 Å². The molecule has 0 aliphatic rings. The maximum Gasteiger partial charge on any atom is 0.0946 e. The Bertz CT molecular complexity index is 708. The van der Waals surface area contributed by atoms with E-state index in [9.17, 15) is 0 Å². The topological polar surface area (TPSA) is 34.8 Å². The lowest BCUT2D eigenvalue weighted by molar-refractivity contribution is 0.727. The number of imidazole rings is 1. The zero-order valence-electron chi connectivity index (χ0n) is 12.0. The monoisotopic (exact) mass is 268 g/mol. The quantitative estimate of drug-likeness (QED) is 0.771. The minimum Gasteiger partial charge on any atom is -0.341 e. The molecular formula is C16H20N4. The van der Waals surface area contributed by atoms with Gasteiger partial charge >= 0.3 is 0 Å². The molecule has 4 nitrogen and oxygen atoms in total. The van der Waals surface area contributed by atoms with Crippen LogP contribution in [-0.2, 0) is 20.1 Å². The predicted octanol–water partition coefficient (Wildman–Crippen LogP) is 2.53. The van der Waals surface area contributed by atoms with Gasteiger partial charge in [0.1, 0.15) is 0 Å². The zero-order chi connectivity index (χ0) is 13.9. The Labute approximate surface area is 119 Å². The molecule has 0 fully saturated rings. The molecular weight excluding hydrogens is 248 g/mol. The third-order valence-corrected chi connectivity index (χ3v) is 3.66. The highest BCUT2D eigenvalue weighted by molar-refractivity contribution is 5.81. The summed E-state index contributed by atoms with van der Waals surface area (Å²) in [7, 11) is 2.03. The Hall–Kier alpha value is -2.07. The first kappa shape index (κ1) is 12.9. The Balaban J connectivity index is 1.88. The summed E-state index contributed by atoms with van der Waals surface area (Å²) in [5, 5.41) is 4.66. The number of hydrogen-bond donors (Lipinski definition) is 1. The fourth-order valence-corrected chi connectivity index (χ4v) is 2.48. The second-order valence-corrected chi connectivity index (χ2v) is 5.11. The first-order valence-electron chi connectivity index (χ1n) is 7.01. The van der Waals surface area contributed by atoms with Gasteiger partial charge < -0.3 is 14.5 Å². The van der Waals surface area contributed by atoms with E-state index in [4.69, 9.17) is 0 Å². The molecule has 0 bridgehead atoms. The number of aryl methyl sites for hydroxylation is 1. The molecule has 0 saturated carbocycles. The Kier molecular flexibility index (Phi) is 3.56. The summed E-state index contributed by atoms with van der Waals surface area (Å²) in [5.74, 6) is 0. The molecule has 0 saturated heterocycles. The predicted molar refractivity (Wildman–Crippen MR) is 81.6 cm³/mol. The van der Waals surface area contributed by atoms with Crippen molar-refractivity contribution in [2.24, 2.45) is 7.05 Å². The summed E-state index contributed by atoms with van der Waals surface area (Å²) >= 11 is 0. The summed E-state index contributed by atoms with van der Waals surface area (Å²) in [6, 6.07) is 8.85. The van der Waals surface area contributed by atoms with Gasteiger partial charge in [0.25, 0.3) is 0 Å². The van der Waals surface area contributed by atoms with Gasteiger partial charge in [0, 0.05) is 31.5 Å². The molecule has 3 rings (SSSR count). The van der Waals surface area contributed by atoms with E-state index in [1.54, 1.807) is 0 Å². The van der Waals surface area contributed by atoms with E-state index in [2.05, 4.69) is 56.8 Å². The van der Waals surface area contributed by atoms with Crippen LogP contribution in [0.1, 0.15) is 18.2 Å². The highest BCUT2D eigenvalue weighted by Gasteiger charge is 2.05. The molecule has 20 heavy (non-hydrogen) atoms. The minimum absolute atomic E-state index is 0.854. The molecule has 2 heterocycles. The van der Waals surface area contributed by atoms with E-state index in [0.29, 0.717) is 0 Å². The van der Waals surface area contributed by atoms with Crippen LogP contribution in [0.15, 0.2) is 43.0 Å². The van der Waals surface area contributed by atoms with Gasteiger partial charge in [-0.3, -0.25) is 0 Å². The lowest BCUT2D eigenvalue weighted by atomic mass is 10.1. The number of benzene rings is 1. The normalized spacial score (nSPS) is 11.3. The lowest BCUT2D eigenvalue weighted by Crippen LogP contribution is -2.11. The number of aromatic nitrogens is 3. The van der Waals surface area contributed by atoms with Crippen molar-refractivity contribution in [2.45, 2.75) is 20.0 Å². The Morgan fingerprint density at radius 1 is 1.25 bits per heavy atom. The molecule has 2 aromatic heterocycles. The molecule has 1 N–H and O–H groups in total. The second kappa shape index (κ2) is 5.51. The molecule has 0 spiro atoms. The van der Waals surface area contributed by atoms with Crippen molar-refractivity contribution in [3.8, 4) is 0 Å². The molecule has 104 valence electrons. The van der Waals surface area contributed by atoms with Gasteiger partial charge in [0.05, 0.1) is 18.6 Å². The van der Waals surface area contributed by atoms with Crippen LogP contribution in [0.4, 0.5) is 0 Å². The molecule has 0 atom stereocenters. The van der Waals surface area contributed by atoms with E-state index in [1.165, 1.54) is 22.2 Å². The Morgan fingerprint density at radius 3 is 2.90 bits per heavy atom. The van der Waals surface area contributed by atoms with Crippen LogP contribution in [0.3, 0.4) is 0 Å². The number of hydrogen-bond acceptors (Lipinski definition) is 2. The lowest BCUT2D eigenvalue weighted by Gasteiger charge is -2.07. The van der Waals surface area contributed by atoms with E-state index in [1.807, 2.05) is 19.6 Å². The van der Waals surface area contributed by atoms with Crippen LogP contribution in [0, 0.1) is 0 Å². The molecule has 4 heteroatoms. The third kappa shape index (κ3) is 2.47. The van der Waals surface area contributed by atoms with Crippen LogP contribution in [0.5, 0.6) is 0 Å². The molecule has 0 unspecified atom stereocenters. The van der Waals surface area contributed by atoms with Gasteiger partial charge in [-0.2, -0.15) is 0 Å². The summed E-state index contributed by atoms with van der Waals surface area (Å²) < 4.78 is 4.33. The fourth-order valence-electron chi connectivity index (χ4n) is 2.48. The molecule has 0 amide bonds. The van der Waals surface area contributed by atoms with Crippen molar-refractivity contribution < 1.29 is 0 Å². The van der Waals surface area contributed by atoms with Crippen molar-refractivity contribution in [3.63, 3.8) is 0 Å². The van der Waals surface area contributed by atoms with Gasteiger partial charge in [0.2, 0.25) is 0 Å². The standard InChI is InChI=1S/C16H20N4/c1-3-17-9-13-4-5-16-14(8-13)6-7-20(16)11-15-10-18-12-19(15)2/h4-8,10,12,17H,3,9,11H2,1-2H3. The maximum absolute atomic E-state index is 4.17. The van der Waals surface area contributed by atoms with E-state index >= 15 is 0 Å². The average Bonchev–Trinajstić information content (AvgIpc) is 3.04. The highest BCUT2D eigenvalue weighted by atomic mass is 15.1. The first-order valence-corrected chi connectivity index (χ1v) is 7.01. The summed E-state index contributed by atoms with van der Waals surface area (Å²) in [6.07, 6.45) is 5.91. The van der Waals surface area contributed by atoms with Gasteiger partial charge in [-0.15, -0.1) is 0 Å². The highest BCUT2D eigenvalue weighted by Crippen LogP contribution is 2.19. The van der Waals surface area contributed by atoms with Crippen molar-refractivity contribution in [1.82, 2.24) is 19.4 Å². The zero-order valence-corrected chi connectivity index (χ0v) is 12.0. The van der Waals surface area contributed by atoms with Crippen molar-refractivity contribution >= 4 is 10.9 Å². The summed E-state index contributed by atoms with van der Waals surface area (Å²) in [6.45, 7) is 4.91. The van der Waals surface area contributed by atoms with Gasteiger partial charge in [-0.05, 0) is 35.7 Å². The largest absolute Gasteiger partial charge is 0.341 e. The van der Waals surface area contributed by atoms with Crippen LogP contribution in [0.25, 0.3) is 10.9 Å². The molecule has 0 aliphatic heterocycles. The van der Waals surface area contributed by atoms with Crippen molar-refractivity contribution in [3.05, 3.63) is 54.2 Å². The SMILES string of the molecule is CCNCc1ccc2c(ccn2Cc2cncn2C)c1. The van der Waals surface area contributed by atoms with Crippen LogP contribution >= 0.6 is 0 Å². The second-order valence-electron chi connectivity index (χ2n) is 5.11. The summed E-state index contributed by atoms with van der Waals surface area (Å²) in [4.78, 5) is 4.17. The van der Waals surface area contributed by atoms with Crippen LogP contribution < -0.4 is 5.32 Å². The van der Waals surface area contributed by atoms with E-state index in [0.717, 1.165) is 19.6 Å². The van der Waals surface area contributed by atoms with E-state index < -0.39 is 0 Å². The maximum atomic E-state index is 4.17. The number of fused-ring (bicyclic) bond motifs is 1.